The van der Waals surface area contributed by atoms with Crippen molar-refractivity contribution in [1.29, 1.82) is 0 Å². The molecule has 2 rings (SSSR count). The van der Waals surface area contributed by atoms with Crippen LogP contribution in [0.2, 0.25) is 0 Å². The van der Waals surface area contributed by atoms with E-state index in [1.807, 2.05) is 6.92 Å². The van der Waals surface area contributed by atoms with Crippen molar-refractivity contribution in [3.05, 3.63) is 0 Å². The van der Waals surface area contributed by atoms with Crippen molar-refractivity contribution >= 4 is 5.91 Å². The van der Waals surface area contributed by atoms with E-state index in [1.165, 1.54) is 0 Å². The zero-order chi connectivity index (χ0) is 13.0. The number of carbonyl (C=O) groups is 1. The highest BCUT2D eigenvalue weighted by Gasteiger charge is 2.35. The first-order valence-corrected chi connectivity index (χ1v) is 7.02. The van der Waals surface area contributed by atoms with E-state index in [9.17, 15) is 9.90 Å². The molecule has 0 bridgehead atoms. The zero-order valence-electron chi connectivity index (χ0n) is 11.0. The monoisotopic (exact) mass is 256 g/mol. The van der Waals surface area contributed by atoms with Gasteiger partial charge in [-0.2, -0.15) is 0 Å². The summed E-state index contributed by atoms with van der Waals surface area (Å²) in [4.78, 5) is 12.2. The SMILES string of the molecule is CCNC1COCC1C(=O)N[C@H]1CCCC[C@@H]1O. The third-order valence-corrected chi connectivity index (χ3v) is 3.94. The van der Waals surface area contributed by atoms with Crippen molar-refractivity contribution in [2.75, 3.05) is 19.8 Å². The van der Waals surface area contributed by atoms with Crippen molar-refractivity contribution in [2.45, 2.75) is 50.8 Å². The quantitative estimate of drug-likeness (QED) is 0.664. The molecule has 0 aromatic carbocycles. The summed E-state index contributed by atoms with van der Waals surface area (Å²) >= 11 is 0. The van der Waals surface area contributed by atoms with Gasteiger partial charge in [0.1, 0.15) is 0 Å². The van der Waals surface area contributed by atoms with Crippen molar-refractivity contribution in [3.8, 4) is 0 Å². The maximum Gasteiger partial charge on any atom is 0.227 e. The fraction of sp³-hybridized carbons (Fsp3) is 0.923. The van der Waals surface area contributed by atoms with E-state index in [0.717, 1.165) is 32.2 Å². The van der Waals surface area contributed by atoms with Crippen LogP contribution in [0.5, 0.6) is 0 Å². The molecule has 1 amide bonds. The number of amides is 1. The van der Waals surface area contributed by atoms with Crippen LogP contribution in [0.4, 0.5) is 0 Å². The molecule has 2 fully saturated rings. The Morgan fingerprint density at radius 3 is 2.78 bits per heavy atom. The van der Waals surface area contributed by atoms with Crippen molar-refractivity contribution in [3.63, 3.8) is 0 Å². The van der Waals surface area contributed by atoms with E-state index in [4.69, 9.17) is 4.74 Å². The summed E-state index contributed by atoms with van der Waals surface area (Å²) in [5.74, 6) is -0.108. The molecule has 1 aliphatic heterocycles. The van der Waals surface area contributed by atoms with E-state index in [0.29, 0.717) is 13.2 Å². The molecular weight excluding hydrogens is 232 g/mol. The van der Waals surface area contributed by atoms with Crippen LogP contribution >= 0.6 is 0 Å². The minimum Gasteiger partial charge on any atom is -0.391 e. The number of likely N-dealkylation sites (N-methyl/N-ethyl adjacent to an activating group) is 1. The molecule has 18 heavy (non-hydrogen) atoms. The predicted octanol–water partition coefficient (Wildman–Crippen LogP) is 0.0306. The van der Waals surface area contributed by atoms with Gasteiger partial charge in [-0.1, -0.05) is 19.8 Å². The third kappa shape index (κ3) is 3.22. The molecule has 0 aromatic rings. The molecule has 3 N–H and O–H groups in total. The van der Waals surface area contributed by atoms with Gasteiger partial charge in [-0.25, -0.2) is 0 Å². The maximum absolute atomic E-state index is 12.2. The van der Waals surface area contributed by atoms with E-state index in [1.54, 1.807) is 0 Å². The van der Waals surface area contributed by atoms with Gasteiger partial charge in [0, 0.05) is 6.04 Å². The Morgan fingerprint density at radius 2 is 2.06 bits per heavy atom. The fourth-order valence-electron chi connectivity index (χ4n) is 2.85. The maximum atomic E-state index is 12.2. The Balaban J connectivity index is 1.86. The summed E-state index contributed by atoms with van der Waals surface area (Å²) in [5, 5.41) is 16.1. The fourth-order valence-corrected chi connectivity index (χ4v) is 2.85. The van der Waals surface area contributed by atoms with E-state index in [2.05, 4.69) is 10.6 Å². The average Bonchev–Trinajstić information content (AvgIpc) is 2.81. The van der Waals surface area contributed by atoms with Crippen LogP contribution in [-0.2, 0) is 9.53 Å². The first kappa shape index (κ1) is 13.8. The van der Waals surface area contributed by atoms with Crippen LogP contribution in [0.25, 0.3) is 0 Å². The lowest BCUT2D eigenvalue weighted by molar-refractivity contribution is -0.127. The zero-order valence-corrected chi connectivity index (χ0v) is 11.0. The van der Waals surface area contributed by atoms with Gasteiger partial charge in [-0.15, -0.1) is 0 Å². The highest BCUT2D eigenvalue weighted by atomic mass is 16.5. The molecule has 0 spiro atoms. The van der Waals surface area contributed by atoms with Crippen molar-refractivity contribution in [1.82, 2.24) is 10.6 Å². The number of nitrogens with one attached hydrogen (secondary N) is 2. The van der Waals surface area contributed by atoms with Crippen LogP contribution in [-0.4, -0.2) is 49.0 Å². The van der Waals surface area contributed by atoms with E-state index in [-0.39, 0.29) is 30.0 Å². The molecular formula is C13H24N2O3. The minimum atomic E-state index is -0.386. The van der Waals surface area contributed by atoms with Crippen LogP contribution in [0.3, 0.4) is 0 Å². The Bertz CT molecular complexity index is 285. The van der Waals surface area contributed by atoms with Crippen molar-refractivity contribution in [2.24, 2.45) is 5.92 Å². The van der Waals surface area contributed by atoms with Crippen LogP contribution in [0.15, 0.2) is 0 Å². The first-order valence-electron chi connectivity index (χ1n) is 7.02. The largest absolute Gasteiger partial charge is 0.391 e. The number of ether oxygens (including phenoxy) is 1. The third-order valence-electron chi connectivity index (χ3n) is 3.94. The molecule has 104 valence electrons. The highest BCUT2D eigenvalue weighted by Crippen LogP contribution is 2.20. The molecule has 1 heterocycles. The summed E-state index contributed by atoms with van der Waals surface area (Å²) < 4.78 is 5.37. The Labute approximate surface area is 108 Å². The van der Waals surface area contributed by atoms with Gasteiger partial charge in [0.05, 0.1) is 31.3 Å². The lowest BCUT2D eigenvalue weighted by Gasteiger charge is -2.30. The molecule has 5 nitrogen and oxygen atoms in total. The van der Waals surface area contributed by atoms with Crippen LogP contribution in [0, 0.1) is 5.92 Å². The summed E-state index contributed by atoms with van der Waals surface area (Å²) in [6, 6.07) is 0.0323. The van der Waals surface area contributed by atoms with Crippen LogP contribution in [0.1, 0.15) is 32.6 Å². The van der Waals surface area contributed by atoms with Gasteiger partial charge in [-0.3, -0.25) is 4.79 Å². The molecule has 1 saturated carbocycles. The lowest BCUT2D eigenvalue weighted by Crippen LogP contribution is -2.51. The standard InChI is InChI=1S/C13H24N2O3/c1-2-14-11-8-18-7-9(11)13(17)15-10-5-3-4-6-12(10)16/h9-12,14,16H,2-8H2,1H3,(H,15,17)/t9?,10-,11?,12-/m0/s1. The number of aliphatic hydroxyl groups excluding tert-OH is 1. The Kier molecular flexibility index (Phi) is 4.97. The second-order valence-electron chi connectivity index (χ2n) is 5.28. The smallest absolute Gasteiger partial charge is 0.227 e. The van der Waals surface area contributed by atoms with Gasteiger partial charge in [0.2, 0.25) is 5.91 Å². The Hall–Kier alpha value is -0.650. The normalized spacial score (nSPS) is 36.6. The molecule has 1 aliphatic carbocycles. The van der Waals surface area contributed by atoms with Gasteiger partial charge >= 0.3 is 0 Å². The van der Waals surface area contributed by atoms with Gasteiger partial charge in [0.15, 0.2) is 0 Å². The minimum absolute atomic E-state index is 0.0180. The van der Waals surface area contributed by atoms with E-state index < -0.39 is 0 Å². The molecule has 0 radical (unpaired) electrons. The van der Waals surface area contributed by atoms with Crippen molar-refractivity contribution < 1.29 is 14.6 Å². The van der Waals surface area contributed by atoms with E-state index >= 15 is 0 Å². The molecule has 0 aromatic heterocycles. The summed E-state index contributed by atoms with van der Waals surface area (Å²) in [5.41, 5.74) is 0. The van der Waals surface area contributed by atoms with Gasteiger partial charge in [0.25, 0.3) is 0 Å². The number of hydrogen-bond donors (Lipinski definition) is 3. The number of carbonyl (C=O) groups excluding carboxylic acids is 1. The Morgan fingerprint density at radius 1 is 1.28 bits per heavy atom. The lowest BCUT2D eigenvalue weighted by atomic mass is 9.91. The average molecular weight is 256 g/mol. The second kappa shape index (κ2) is 6.50. The first-order chi connectivity index (χ1) is 8.72. The summed E-state index contributed by atoms with van der Waals surface area (Å²) in [6.07, 6.45) is 3.43. The molecule has 1 saturated heterocycles. The summed E-state index contributed by atoms with van der Waals surface area (Å²) in [7, 11) is 0. The number of aliphatic hydroxyl groups is 1. The predicted molar refractivity (Wildman–Crippen MR) is 68.2 cm³/mol. The molecule has 4 atom stereocenters. The molecule has 2 aliphatic rings. The topological polar surface area (TPSA) is 70.6 Å². The summed E-state index contributed by atoms with van der Waals surface area (Å²) in [6.45, 7) is 3.94. The molecule has 2 unspecified atom stereocenters. The number of hydrogen-bond acceptors (Lipinski definition) is 4. The highest BCUT2D eigenvalue weighted by molar-refractivity contribution is 5.80. The number of rotatable bonds is 4. The van der Waals surface area contributed by atoms with Crippen LogP contribution < -0.4 is 10.6 Å². The van der Waals surface area contributed by atoms with Gasteiger partial charge in [-0.05, 0) is 19.4 Å². The molecule has 5 heteroatoms. The second-order valence-corrected chi connectivity index (χ2v) is 5.28. The van der Waals surface area contributed by atoms with Gasteiger partial charge < -0.3 is 20.5 Å².